The summed E-state index contributed by atoms with van der Waals surface area (Å²) in [5, 5.41) is 11.8. The normalized spacial score (nSPS) is 11.8. The second-order valence-corrected chi connectivity index (χ2v) is 6.94. The molecule has 1 unspecified atom stereocenters. The number of anilines is 1. The van der Waals surface area contributed by atoms with Crippen molar-refractivity contribution in [1.82, 2.24) is 14.8 Å². The van der Waals surface area contributed by atoms with Gasteiger partial charge in [0.25, 0.3) is 0 Å². The van der Waals surface area contributed by atoms with Crippen LogP contribution < -0.4 is 10.1 Å². The van der Waals surface area contributed by atoms with Crippen LogP contribution in [0.5, 0.6) is 5.75 Å². The Morgan fingerprint density at radius 2 is 1.89 bits per heavy atom. The molecule has 0 bridgehead atoms. The highest BCUT2D eigenvalue weighted by Gasteiger charge is 2.19. The van der Waals surface area contributed by atoms with Crippen molar-refractivity contribution in [3.05, 3.63) is 66.2 Å². The monoisotopic (exact) mass is 400 g/mol. The lowest BCUT2D eigenvalue weighted by Gasteiger charge is -2.15. The van der Waals surface area contributed by atoms with Gasteiger partial charge in [0.15, 0.2) is 17.1 Å². The molecule has 28 heavy (non-hydrogen) atoms. The maximum absolute atomic E-state index is 12.9. The fourth-order valence-electron chi connectivity index (χ4n) is 2.62. The van der Waals surface area contributed by atoms with Crippen LogP contribution in [0, 0.1) is 5.82 Å². The molecule has 1 heterocycles. The number of amides is 1. The fourth-order valence-corrected chi connectivity index (χ4v) is 3.43. The average Bonchev–Trinajstić information content (AvgIpc) is 3.12. The first-order valence-corrected chi connectivity index (χ1v) is 9.88. The van der Waals surface area contributed by atoms with Gasteiger partial charge in [-0.3, -0.25) is 4.79 Å². The number of carbonyl (C=O) groups is 1. The summed E-state index contributed by atoms with van der Waals surface area (Å²) in [7, 11) is 0. The first-order chi connectivity index (χ1) is 13.6. The molecule has 0 radical (unpaired) electrons. The summed E-state index contributed by atoms with van der Waals surface area (Å²) in [4.78, 5) is 12.1. The second kappa shape index (κ2) is 9.36. The van der Waals surface area contributed by atoms with Gasteiger partial charge in [-0.2, -0.15) is 0 Å². The van der Waals surface area contributed by atoms with Crippen LogP contribution >= 0.6 is 11.8 Å². The molecule has 3 rings (SSSR count). The quantitative estimate of drug-likeness (QED) is 0.571. The second-order valence-electron chi connectivity index (χ2n) is 6.00. The van der Waals surface area contributed by atoms with Gasteiger partial charge in [-0.1, -0.05) is 30.0 Å². The minimum Gasteiger partial charge on any atom is -0.483 e. The molecule has 0 aliphatic rings. The molecule has 0 spiro atoms. The zero-order valence-corrected chi connectivity index (χ0v) is 16.4. The Labute approximate surface area is 167 Å². The van der Waals surface area contributed by atoms with Crippen molar-refractivity contribution < 1.29 is 13.9 Å². The summed E-state index contributed by atoms with van der Waals surface area (Å²) in [6, 6.07) is 15.2. The lowest BCUT2D eigenvalue weighted by atomic mass is 10.3. The van der Waals surface area contributed by atoms with Crippen molar-refractivity contribution in [3.8, 4) is 5.75 Å². The smallest absolute Gasteiger partial charge is 0.234 e. The third-order valence-corrected chi connectivity index (χ3v) is 4.91. The molecule has 0 aliphatic carbocycles. The van der Waals surface area contributed by atoms with Crippen LogP contribution in [0.25, 0.3) is 0 Å². The number of halogens is 1. The highest BCUT2D eigenvalue weighted by Crippen LogP contribution is 2.24. The highest BCUT2D eigenvalue weighted by molar-refractivity contribution is 7.99. The molecule has 1 atom stereocenters. The summed E-state index contributed by atoms with van der Waals surface area (Å²) in [6.07, 6.45) is -0.280. The number of hydrogen-bond acceptors (Lipinski definition) is 5. The van der Waals surface area contributed by atoms with E-state index >= 15 is 0 Å². The number of para-hydroxylation sites is 1. The van der Waals surface area contributed by atoms with Crippen molar-refractivity contribution in [2.75, 3.05) is 11.1 Å². The predicted octanol–water partition coefficient (Wildman–Crippen LogP) is 4.31. The van der Waals surface area contributed by atoms with Gasteiger partial charge in [-0.15, -0.1) is 10.2 Å². The Balaban J connectivity index is 1.61. The number of rotatable bonds is 8. The van der Waals surface area contributed by atoms with Crippen molar-refractivity contribution in [2.24, 2.45) is 0 Å². The molecule has 8 heteroatoms. The SMILES string of the molecule is CCn1c(SCC(=O)Nc2ccc(F)cc2)nnc1C(C)Oc1ccccc1. The fraction of sp³-hybridized carbons (Fsp3) is 0.250. The Morgan fingerprint density at radius 1 is 1.18 bits per heavy atom. The minimum absolute atomic E-state index is 0.170. The number of thioether (sulfide) groups is 1. The standard InChI is InChI=1S/C20H21FN4O2S/c1-3-25-19(14(2)27-17-7-5-4-6-8-17)23-24-20(25)28-13-18(26)22-16-11-9-15(21)10-12-16/h4-12,14H,3,13H2,1-2H3,(H,22,26). The van der Waals surface area contributed by atoms with E-state index in [1.54, 1.807) is 0 Å². The van der Waals surface area contributed by atoms with E-state index < -0.39 is 0 Å². The van der Waals surface area contributed by atoms with Crippen molar-refractivity contribution in [2.45, 2.75) is 31.7 Å². The van der Waals surface area contributed by atoms with E-state index in [4.69, 9.17) is 4.74 Å². The van der Waals surface area contributed by atoms with Crippen LogP contribution in [-0.2, 0) is 11.3 Å². The summed E-state index contributed by atoms with van der Waals surface area (Å²) in [6.45, 7) is 4.57. The van der Waals surface area contributed by atoms with E-state index in [1.807, 2.05) is 48.7 Å². The first-order valence-electron chi connectivity index (χ1n) is 8.90. The molecule has 0 aliphatic heterocycles. The molecule has 6 nitrogen and oxygen atoms in total. The largest absolute Gasteiger partial charge is 0.483 e. The molecular formula is C20H21FN4O2S. The van der Waals surface area contributed by atoms with E-state index in [1.165, 1.54) is 36.0 Å². The van der Waals surface area contributed by atoms with Gasteiger partial charge in [-0.25, -0.2) is 4.39 Å². The van der Waals surface area contributed by atoms with Crippen LogP contribution in [0.2, 0.25) is 0 Å². The number of nitrogens with one attached hydrogen (secondary N) is 1. The molecule has 1 amide bonds. The van der Waals surface area contributed by atoms with Gasteiger partial charge >= 0.3 is 0 Å². The van der Waals surface area contributed by atoms with Gasteiger partial charge in [0, 0.05) is 12.2 Å². The van der Waals surface area contributed by atoms with Gasteiger partial charge < -0.3 is 14.6 Å². The zero-order chi connectivity index (χ0) is 19.9. The zero-order valence-electron chi connectivity index (χ0n) is 15.6. The summed E-state index contributed by atoms with van der Waals surface area (Å²) in [5.41, 5.74) is 0.550. The van der Waals surface area contributed by atoms with Crippen LogP contribution in [0.4, 0.5) is 10.1 Å². The van der Waals surface area contributed by atoms with Crippen molar-refractivity contribution >= 4 is 23.4 Å². The lowest BCUT2D eigenvalue weighted by Crippen LogP contribution is -2.15. The van der Waals surface area contributed by atoms with Gasteiger partial charge in [-0.05, 0) is 50.2 Å². The number of ether oxygens (including phenoxy) is 1. The molecular weight excluding hydrogens is 379 g/mol. The van der Waals surface area contributed by atoms with E-state index in [9.17, 15) is 9.18 Å². The molecule has 0 saturated heterocycles. The predicted molar refractivity (Wildman–Crippen MR) is 107 cm³/mol. The maximum atomic E-state index is 12.9. The van der Waals surface area contributed by atoms with Crippen molar-refractivity contribution in [3.63, 3.8) is 0 Å². The van der Waals surface area contributed by atoms with Crippen molar-refractivity contribution in [1.29, 1.82) is 0 Å². The molecule has 0 saturated carbocycles. The molecule has 0 fully saturated rings. The minimum atomic E-state index is -0.345. The van der Waals surface area contributed by atoms with Crippen LogP contribution in [0.3, 0.4) is 0 Å². The number of benzene rings is 2. The Hall–Kier alpha value is -2.87. The Bertz CT molecular complexity index is 916. The van der Waals surface area contributed by atoms with Crippen LogP contribution in [-0.4, -0.2) is 26.4 Å². The number of carbonyl (C=O) groups excluding carboxylic acids is 1. The van der Waals surface area contributed by atoms with E-state index in [2.05, 4.69) is 15.5 Å². The number of aromatic nitrogens is 3. The first kappa shape index (κ1) is 19.9. The van der Waals surface area contributed by atoms with E-state index in [-0.39, 0.29) is 23.6 Å². The van der Waals surface area contributed by atoms with Gasteiger partial charge in [0.05, 0.1) is 5.75 Å². The summed E-state index contributed by atoms with van der Waals surface area (Å²) >= 11 is 1.29. The van der Waals surface area contributed by atoms with Gasteiger partial charge in [0.2, 0.25) is 5.91 Å². The third kappa shape index (κ3) is 5.10. The molecule has 2 aromatic carbocycles. The van der Waals surface area contributed by atoms with Crippen LogP contribution in [0.15, 0.2) is 59.8 Å². The van der Waals surface area contributed by atoms with Crippen LogP contribution in [0.1, 0.15) is 25.8 Å². The molecule has 1 aromatic heterocycles. The lowest BCUT2D eigenvalue weighted by molar-refractivity contribution is -0.113. The maximum Gasteiger partial charge on any atom is 0.234 e. The average molecular weight is 400 g/mol. The molecule has 3 aromatic rings. The number of hydrogen-bond donors (Lipinski definition) is 1. The topological polar surface area (TPSA) is 69.0 Å². The van der Waals surface area contributed by atoms with E-state index in [0.29, 0.717) is 23.2 Å². The third-order valence-electron chi connectivity index (χ3n) is 3.94. The van der Waals surface area contributed by atoms with E-state index in [0.717, 1.165) is 5.75 Å². The Kier molecular flexibility index (Phi) is 6.65. The summed E-state index contributed by atoms with van der Waals surface area (Å²) < 4.78 is 20.8. The highest BCUT2D eigenvalue weighted by atomic mass is 32.2. The molecule has 146 valence electrons. The van der Waals surface area contributed by atoms with Gasteiger partial charge in [0.1, 0.15) is 11.6 Å². The number of nitrogens with zero attached hydrogens (tertiary/aromatic N) is 3. The summed E-state index contributed by atoms with van der Waals surface area (Å²) in [5.74, 6) is 1.09. The Morgan fingerprint density at radius 3 is 2.57 bits per heavy atom. The molecule has 1 N–H and O–H groups in total.